The summed E-state index contributed by atoms with van der Waals surface area (Å²) in [5.74, 6) is -1.92. The minimum absolute atomic E-state index is 0.275. The molecule has 7 heteroatoms. The van der Waals surface area contributed by atoms with Crippen LogP contribution in [0.3, 0.4) is 0 Å². The second kappa shape index (κ2) is 5.45. The van der Waals surface area contributed by atoms with Crippen molar-refractivity contribution < 1.29 is 19.1 Å². The van der Waals surface area contributed by atoms with Crippen molar-refractivity contribution in [3.8, 4) is 0 Å². The van der Waals surface area contributed by atoms with Crippen LogP contribution in [-0.4, -0.2) is 36.5 Å². The Kier molecular flexibility index (Phi) is 4.90. The SMILES string of the molecule is COC(=O)C(C)(C)NC(=O)C(N)CC(N)=O. The first-order chi connectivity index (χ1) is 7.20. The van der Waals surface area contributed by atoms with Gasteiger partial charge in [0.1, 0.15) is 5.54 Å². The van der Waals surface area contributed by atoms with Crippen molar-refractivity contribution >= 4 is 17.8 Å². The molecule has 1 unspecified atom stereocenters. The molecule has 0 aromatic heterocycles. The molecule has 0 aromatic carbocycles. The lowest BCUT2D eigenvalue weighted by atomic mass is 10.0. The van der Waals surface area contributed by atoms with Gasteiger partial charge in [-0.15, -0.1) is 0 Å². The molecule has 0 heterocycles. The number of hydrogen-bond donors (Lipinski definition) is 3. The van der Waals surface area contributed by atoms with Crippen molar-refractivity contribution in [2.24, 2.45) is 11.5 Å². The molecule has 0 rings (SSSR count). The van der Waals surface area contributed by atoms with E-state index in [1.165, 1.54) is 21.0 Å². The Bertz CT molecular complexity index is 301. The molecule has 0 aliphatic heterocycles. The Morgan fingerprint density at radius 2 is 1.88 bits per heavy atom. The van der Waals surface area contributed by atoms with Crippen molar-refractivity contribution in [3.63, 3.8) is 0 Å². The minimum atomic E-state index is -1.19. The van der Waals surface area contributed by atoms with Crippen LogP contribution in [0.1, 0.15) is 20.3 Å². The highest BCUT2D eigenvalue weighted by molar-refractivity contribution is 5.92. The van der Waals surface area contributed by atoms with E-state index in [0.29, 0.717) is 0 Å². The zero-order valence-electron chi connectivity index (χ0n) is 9.57. The lowest BCUT2D eigenvalue weighted by Gasteiger charge is -2.24. The predicted octanol–water partition coefficient (Wildman–Crippen LogP) is -1.74. The van der Waals surface area contributed by atoms with Gasteiger partial charge >= 0.3 is 5.97 Å². The molecule has 0 aliphatic rings. The highest BCUT2D eigenvalue weighted by Crippen LogP contribution is 2.05. The third kappa shape index (κ3) is 4.26. The molecule has 0 radical (unpaired) electrons. The van der Waals surface area contributed by atoms with E-state index < -0.39 is 29.4 Å². The van der Waals surface area contributed by atoms with Crippen LogP contribution >= 0.6 is 0 Å². The quantitative estimate of drug-likeness (QED) is 0.484. The number of primary amides is 1. The highest BCUT2D eigenvalue weighted by atomic mass is 16.5. The summed E-state index contributed by atoms with van der Waals surface area (Å²) in [7, 11) is 1.21. The number of carbonyl (C=O) groups is 3. The standard InChI is InChI=1S/C9H17N3O4/c1-9(2,8(15)16-3)12-7(14)5(10)4-6(11)13/h5H,4,10H2,1-3H3,(H2,11,13)(H,12,14). The third-order valence-electron chi connectivity index (χ3n) is 1.89. The van der Waals surface area contributed by atoms with E-state index in [9.17, 15) is 14.4 Å². The number of carbonyl (C=O) groups excluding carboxylic acids is 3. The maximum Gasteiger partial charge on any atom is 0.330 e. The molecule has 0 bridgehead atoms. The first-order valence-electron chi connectivity index (χ1n) is 4.65. The maximum absolute atomic E-state index is 11.5. The zero-order valence-corrected chi connectivity index (χ0v) is 9.57. The number of nitrogens with two attached hydrogens (primary N) is 2. The molecule has 0 saturated heterocycles. The molecular formula is C9H17N3O4. The average molecular weight is 231 g/mol. The largest absolute Gasteiger partial charge is 0.467 e. The van der Waals surface area contributed by atoms with Gasteiger partial charge in [0.25, 0.3) is 0 Å². The number of hydrogen-bond acceptors (Lipinski definition) is 5. The fraction of sp³-hybridized carbons (Fsp3) is 0.667. The van der Waals surface area contributed by atoms with Gasteiger partial charge in [0.05, 0.1) is 19.6 Å². The van der Waals surface area contributed by atoms with Gasteiger partial charge in [0, 0.05) is 0 Å². The highest BCUT2D eigenvalue weighted by Gasteiger charge is 2.32. The van der Waals surface area contributed by atoms with Gasteiger partial charge in [-0.2, -0.15) is 0 Å². The lowest BCUT2D eigenvalue weighted by molar-refractivity contribution is -0.149. The number of methoxy groups -OCH3 is 1. The summed E-state index contributed by atoms with van der Waals surface area (Å²) >= 11 is 0. The van der Waals surface area contributed by atoms with E-state index in [0.717, 1.165) is 0 Å². The Morgan fingerprint density at radius 3 is 2.25 bits per heavy atom. The smallest absolute Gasteiger partial charge is 0.330 e. The molecule has 0 aliphatic carbocycles. The van der Waals surface area contributed by atoms with Gasteiger partial charge in [-0.1, -0.05) is 0 Å². The van der Waals surface area contributed by atoms with Gasteiger partial charge in [-0.25, -0.2) is 4.79 Å². The van der Waals surface area contributed by atoms with Crippen LogP contribution < -0.4 is 16.8 Å². The van der Waals surface area contributed by atoms with Crippen LogP contribution in [0.2, 0.25) is 0 Å². The topological polar surface area (TPSA) is 125 Å². The fourth-order valence-electron chi connectivity index (χ4n) is 1.02. The second-order valence-electron chi connectivity index (χ2n) is 3.88. The Morgan fingerprint density at radius 1 is 1.38 bits per heavy atom. The third-order valence-corrected chi connectivity index (χ3v) is 1.89. The number of esters is 1. The Balaban J connectivity index is 4.44. The van der Waals surface area contributed by atoms with E-state index in [1.54, 1.807) is 0 Å². The van der Waals surface area contributed by atoms with Crippen LogP contribution in [0.15, 0.2) is 0 Å². The fourth-order valence-corrected chi connectivity index (χ4v) is 1.02. The number of ether oxygens (including phenoxy) is 1. The van der Waals surface area contributed by atoms with Gasteiger partial charge in [0.15, 0.2) is 0 Å². The van der Waals surface area contributed by atoms with E-state index in [2.05, 4.69) is 10.1 Å². The molecule has 92 valence electrons. The molecule has 7 nitrogen and oxygen atoms in total. The van der Waals surface area contributed by atoms with Crippen LogP contribution in [0.4, 0.5) is 0 Å². The van der Waals surface area contributed by atoms with Crippen molar-refractivity contribution in [1.82, 2.24) is 5.32 Å². The van der Waals surface area contributed by atoms with Crippen molar-refractivity contribution in [2.75, 3.05) is 7.11 Å². The molecule has 1 atom stereocenters. The second-order valence-corrected chi connectivity index (χ2v) is 3.88. The maximum atomic E-state index is 11.5. The molecule has 2 amide bonds. The molecule has 0 saturated carbocycles. The summed E-state index contributed by atoms with van der Waals surface area (Å²) in [5, 5.41) is 2.37. The predicted molar refractivity (Wildman–Crippen MR) is 56.0 cm³/mol. The first kappa shape index (κ1) is 14.4. The zero-order chi connectivity index (χ0) is 12.9. The first-order valence-corrected chi connectivity index (χ1v) is 4.65. The van der Waals surface area contributed by atoms with E-state index in [4.69, 9.17) is 11.5 Å². The summed E-state index contributed by atoms with van der Waals surface area (Å²) in [5.41, 5.74) is 9.10. The van der Waals surface area contributed by atoms with Gasteiger partial charge < -0.3 is 21.5 Å². The van der Waals surface area contributed by atoms with E-state index >= 15 is 0 Å². The Labute approximate surface area is 93.5 Å². The lowest BCUT2D eigenvalue weighted by Crippen LogP contribution is -2.55. The van der Waals surface area contributed by atoms with Crippen molar-refractivity contribution in [3.05, 3.63) is 0 Å². The molecule has 0 aromatic rings. The van der Waals surface area contributed by atoms with E-state index in [-0.39, 0.29) is 6.42 Å². The Hall–Kier alpha value is -1.63. The molecule has 0 fully saturated rings. The van der Waals surface area contributed by atoms with Crippen LogP contribution in [-0.2, 0) is 19.1 Å². The van der Waals surface area contributed by atoms with Crippen LogP contribution in [0, 0.1) is 0 Å². The van der Waals surface area contributed by atoms with Crippen LogP contribution in [0.25, 0.3) is 0 Å². The van der Waals surface area contributed by atoms with Gasteiger partial charge in [-0.05, 0) is 13.8 Å². The minimum Gasteiger partial charge on any atom is -0.467 e. The summed E-state index contributed by atoms with van der Waals surface area (Å²) in [6.07, 6.45) is -0.275. The summed E-state index contributed by atoms with van der Waals surface area (Å²) in [6.45, 7) is 2.93. The molecule has 16 heavy (non-hydrogen) atoms. The number of nitrogens with one attached hydrogen (secondary N) is 1. The summed E-state index contributed by atoms with van der Waals surface area (Å²) in [6, 6.07) is -1.07. The summed E-state index contributed by atoms with van der Waals surface area (Å²) in [4.78, 5) is 33.2. The number of rotatable bonds is 5. The monoisotopic (exact) mass is 231 g/mol. The molecule has 0 spiro atoms. The van der Waals surface area contributed by atoms with Crippen molar-refractivity contribution in [2.45, 2.75) is 31.8 Å². The van der Waals surface area contributed by atoms with Gasteiger partial charge in [0.2, 0.25) is 11.8 Å². The average Bonchev–Trinajstić information content (AvgIpc) is 2.14. The van der Waals surface area contributed by atoms with Gasteiger partial charge in [-0.3, -0.25) is 9.59 Å². The van der Waals surface area contributed by atoms with Crippen molar-refractivity contribution in [1.29, 1.82) is 0 Å². The number of amides is 2. The molecule has 5 N–H and O–H groups in total. The van der Waals surface area contributed by atoms with Crippen LogP contribution in [0.5, 0.6) is 0 Å². The summed E-state index contributed by atoms with van der Waals surface area (Å²) < 4.78 is 4.49. The van der Waals surface area contributed by atoms with E-state index in [1.807, 2.05) is 0 Å². The normalized spacial score (nSPS) is 12.8. The molecular weight excluding hydrogens is 214 g/mol.